The van der Waals surface area contributed by atoms with Gasteiger partial charge in [0.15, 0.2) is 4.60 Å². The van der Waals surface area contributed by atoms with Gasteiger partial charge in [0.1, 0.15) is 0 Å². The lowest BCUT2D eigenvalue weighted by molar-refractivity contribution is -0.137. The van der Waals surface area contributed by atoms with E-state index in [4.69, 9.17) is 11.6 Å². The van der Waals surface area contributed by atoms with Gasteiger partial charge in [-0.25, -0.2) is 4.98 Å². The van der Waals surface area contributed by atoms with E-state index in [0.717, 1.165) is 22.8 Å². The molecule has 1 heterocycles. The van der Waals surface area contributed by atoms with Gasteiger partial charge in [-0.15, -0.1) is 0 Å². The first-order valence-electron chi connectivity index (χ1n) is 4.91. The zero-order valence-corrected chi connectivity index (χ0v) is 11.4. The SMILES string of the molecule is O=c1c(Br)nccn1-c1cc(C(F)(F)F)ccc1Cl. The van der Waals surface area contributed by atoms with Crippen LogP contribution in [0.5, 0.6) is 0 Å². The third-order valence-electron chi connectivity index (χ3n) is 2.33. The highest BCUT2D eigenvalue weighted by atomic mass is 79.9. The molecule has 0 atom stereocenters. The topological polar surface area (TPSA) is 34.9 Å². The van der Waals surface area contributed by atoms with Crippen molar-refractivity contribution in [2.75, 3.05) is 0 Å². The number of aromatic nitrogens is 2. The third kappa shape index (κ3) is 2.82. The molecule has 100 valence electrons. The molecule has 2 rings (SSSR count). The Labute approximate surface area is 118 Å². The molecule has 2 aromatic rings. The first kappa shape index (κ1) is 14.1. The molecule has 19 heavy (non-hydrogen) atoms. The zero-order chi connectivity index (χ0) is 14.2. The summed E-state index contributed by atoms with van der Waals surface area (Å²) in [6, 6.07) is 2.77. The molecule has 0 N–H and O–H groups in total. The molecular formula is C11H5BrClF3N2O. The van der Waals surface area contributed by atoms with E-state index in [-0.39, 0.29) is 15.3 Å². The van der Waals surface area contributed by atoms with Crippen LogP contribution in [-0.2, 0) is 6.18 Å². The van der Waals surface area contributed by atoms with Crippen LogP contribution in [0.3, 0.4) is 0 Å². The lowest BCUT2D eigenvalue weighted by Crippen LogP contribution is -2.20. The Morgan fingerprint density at radius 1 is 1.32 bits per heavy atom. The van der Waals surface area contributed by atoms with E-state index in [0.29, 0.717) is 0 Å². The first-order valence-corrected chi connectivity index (χ1v) is 6.08. The van der Waals surface area contributed by atoms with E-state index in [2.05, 4.69) is 20.9 Å². The normalized spacial score (nSPS) is 11.6. The number of benzene rings is 1. The maximum Gasteiger partial charge on any atom is 0.416 e. The molecule has 0 bridgehead atoms. The van der Waals surface area contributed by atoms with Crippen molar-refractivity contribution in [3.8, 4) is 5.69 Å². The van der Waals surface area contributed by atoms with E-state index >= 15 is 0 Å². The standard InChI is InChI=1S/C11H5BrClF3N2O/c12-9-10(19)18(4-3-17-9)8-5-6(11(14,15)16)1-2-7(8)13/h1-5H. The summed E-state index contributed by atoms with van der Waals surface area (Å²) in [6.45, 7) is 0. The number of rotatable bonds is 1. The average molecular weight is 354 g/mol. The van der Waals surface area contributed by atoms with Crippen molar-refractivity contribution in [1.29, 1.82) is 0 Å². The number of halogens is 5. The molecule has 0 radical (unpaired) electrons. The van der Waals surface area contributed by atoms with E-state index in [1.54, 1.807) is 0 Å². The molecule has 0 spiro atoms. The minimum Gasteiger partial charge on any atom is -0.279 e. The van der Waals surface area contributed by atoms with Gasteiger partial charge >= 0.3 is 6.18 Å². The van der Waals surface area contributed by atoms with E-state index in [1.807, 2.05) is 0 Å². The Morgan fingerprint density at radius 2 is 2.00 bits per heavy atom. The Bertz CT molecular complexity index is 684. The van der Waals surface area contributed by atoms with Gasteiger partial charge in [-0.2, -0.15) is 13.2 Å². The van der Waals surface area contributed by atoms with Crippen molar-refractivity contribution in [2.24, 2.45) is 0 Å². The minimum atomic E-state index is -4.51. The van der Waals surface area contributed by atoms with Crippen molar-refractivity contribution in [2.45, 2.75) is 6.18 Å². The number of alkyl halides is 3. The van der Waals surface area contributed by atoms with Crippen LogP contribution in [0.4, 0.5) is 13.2 Å². The summed E-state index contributed by atoms with van der Waals surface area (Å²) in [5.74, 6) is 0. The van der Waals surface area contributed by atoms with Gasteiger partial charge < -0.3 is 0 Å². The van der Waals surface area contributed by atoms with Crippen LogP contribution in [0.2, 0.25) is 5.02 Å². The zero-order valence-electron chi connectivity index (χ0n) is 9.08. The largest absolute Gasteiger partial charge is 0.416 e. The predicted octanol–water partition coefficient (Wildman–Crippen LogP) is 3.67. The summed E-state index contributed by atoms with van der Waals surface area (Å²) < 4.78 is 38.9. The molecule has 0 fully saturated rings. The molecule has 8 heteroatoms. The monoisotopic (exact) mass is 352 g/mol. The quantitative estimate of drug-likeness (QED) is 0.784. The highest BCUT2D eigenvalue weighted by Gasteiger charge is 2.31. The van der Waals surface area contributed by atoms with Crippen LogP contribution in [-0.4, -0.2) is 9.55 Å². The van der Waals surface area contributed by atoms with Gasteiger partial charge in [-0.1, -0.05) is 11.6 Å². The van der Waals surface area contributed by atoms with Gasteiger partial charge in [0.25, 0.3) is 5.56 Å². The van der Waals surface area contributed by atoms with Crippen LogP contribution < -0.4 is 5.56 Å². The van der Waals surface area contributed by atoms with E-state index in [1.165, 1.54) is 12.4 Å². The summed E-state index contributed by atoms with van der Waals surface area (Å²) in [6.07, 6.45) is -1.98. The number of nitrogens with zero attached hydrogens (tertiary/aromatic N) is 2. The summed E-state index contributed by atoms with van der Waals surface area (Å²) in [5.41, 5.74) is -1.53. The molecule has 0 saturated heterocycles. The van der Waals surface area contributed by atoms with Crippen LogP contribution >= 0.6 is 27.5 Å². The first-order chi connectivity index (χ1) is 8.80. The maximum atomic E-state index is 12.6. The molecule has 0 saturated carbocycles. The summed E-state index contributed by atoms with van der Waals surface area (Å²) in [5, 5.41) is 0.0354. The van der Waals surface area contributed by atoms with Crippen LogP contribution in [0.1, 0.15) is 5.56 Å². The van der Waals surface area contributed by atoms with Gasteiger partial charge in [-0.05, 0) is 34.1 Å². The number of hydrogen-bond donors (Lipinski definition) is 0. The molecule has 1 aromatic carbocycles. The van der Waals surface area contributed by atoms with Gasteiger partial charge in [0.05, 0.1) is 16.3 Å². The van der Waals surface area contributed by atoms with Gasteiger partial charge in [0, 0.05) is 12.4 Å². The molecule has 1 aromatic heterocycles. The maximum absolute atomic E-state index is 12.6. The van der Waals surface area contributed by atoms with Crippen LogP contribution in [0, 0.1) is 0 Å². The highest BCUT2D eigenvalue weighted by molar-refractivity contribution is 9.10. The second kappa shape index (κ2) is 4.97. The Balaban J connectivity index is 2.69. The lowest BCUT2D eigenvalue weighted by Gasteiger charge is -2.12. The lowest BCUT2D eigenvalue weighted by atomic mass is 10.2. The summed E-state index contributed by atoms with van der Waals surface area (Å²) in [7, 11) is 0. The second-order valence-electron chi connectivity index (χ2n) is 3.56. The van der Waals surface area contributed by atoms with Crippen molar-refractivity contribution in [1.82, 2.24) is 9.55 Å². The van der Waals surface area contributed by atoms with E-state index < -0.39 is 17.3 Å². The minimum absolute atomic E-state index is 0.0107. The molecule has 0 unspecified atom stereocenters. The summed E-state index contributed by atoms with van der Waals surface area (Å²) >= 11 is 8.76. The molecule has 0 aliphatic rings. The smallest absolute Gasteiger partial charge is 0.279 e. The second-order valence-corrected chi connectivity index (χ2v) is 4.72. The predicted molar refractivity (Wildman–Crippen MR) is 67.5 cm³/mol. The Kier molecular flexibility index (Phi) is 3.69. The molecule has 0 amide bonds. The molecule has 0 aliphatic carbocycles. The molecule has 3 nitrogen and oxygen atoms in total. The molecule has 0 aliphatic heterocycles. The van der Waals surface area contributed by atoms with Crippen molar-refractivity contribution >= 4 is 27.5 Å². The van der Waals surface area contributed by atoms with E-state index in [9.17, 15) is 18.0 Å². The van der Waals surface area contributed by atoms with Crippen molar-refractivity contribution < 1.29 is 13.2 Å². The fourth-order valence-electron chi connectivity index (χ4n) is 1.45. The average Bonchev–Trinajstić information content (AvgIpc) is 2.32. The fourth-order valence-corrected chi connectivity index (χ4v) is 1.97. The number of hydrogen-bond acceptors (Lipinski definition) is 2. The highest BCUT2D eigenvalue weighted by Crippen LogP contribution is 2.32. The Morgan fingerprint density at radius 3 is 2.63 bits per heavy atom. The van der Waals surface area contributed by atoms with Gasteiger partial charge in [-0.3, -0.25) is 9.36 Å². The van der Waals surface area contributed by atoms with Crippen molar-refractivity contribution in [3.63, 3.8) is 0 Å². The van der Waals surface area contributed by atoms with Crippen LogP contribution in [0.25, 0.3) is 5.69 Å². The van der Waals surface area contributed by atoms with Crippen LogP contribution in [0.15, 0.2) is 40.0 Å². The molecular weight excluding hydrogens is 348 g/mol. The Hall–Kier alpha value is -1.34. The van der Waals surface area contributed by atoms with Crippen molar-refractivity contribution in [3.05, 3.63) is 56.1 Å². The third-order valence-corrected chi connectivity index (χ3v) is 3.20. The van der Waals surface area contributed by atoms with Gasteiger partial charge in [0.2, 0.25) is 0 Å². The fraction of sp³-hybridized carbons (Fsp3) is 0.0909. The summed E-state index contributed by atoms with van der Waals surface area (Å²) in [4.78, 5) is 15.5.